The average Bonchev–Trinajstić information content (AvgIpc) is 2.85. The standard InChI is InChI=1S/C12H16N2O4/c1-8-4-2-3-6-12(8,11(16)17)13-10(15)9-5-7-18-14-9/h5,7-8H,2-4,6H2,1H3,(H,13,15)(H,16,17). The van der Waals surface area contributed by atoms with E-state index in [4.69, 9.17) is 0 Å². The molecule has 2 N–H and O–H groups in total. The molecule has 98 valence electrons. The Balaban J connectivity index is 2.21. The van der Waals surface area contributed by atoms with Crippen molar-refractivity contribution in [1.29, 1.82) is 0 Å². The number of carbonyl (C=O) groups excluding carboxylic acids is 1. The first-order chi connectivity index (χ1) is 8.56. The van der Waals surface area contributed by atoms with Crippen molar-refractivity contribution in [1.82, 2.24) is 10.5 Å². The van der Waals surface area contributed by atoms with Crippen molar-refractivity contribution in [2.75, 3.05) is 0 Å². The predicted molar refractivity (Wildman–Crippen MR) is 62.0 cm³/mol. The first kappa shape index (κ1) is 12.6. The molecule has 2 unspecified atom stereocenters. The third-order valence-corrected chi connectivity index (χ3v) is 3.69. The van der Waals surface area contributed by atoms with Crippen LogP contribution < -0.4 is 5.32 Å². The third-order valence-electron chi connectivity index (χ3n) is 3.69. The van der Waals surface area contributed by atoms with E-state index in [0.29, 0.717) is 6.42 Å². The topological polar surface area (TPSA) is 92.4 Å². The molecule has 1 amide bonds. The highest BCUT2D eigenvalue weighted by atomic mass is 16.5. The Kier molecular flexibility index (Phi) is 3.36. The van der Waals surface area contributed by atoms with Gasteiger partial charge in [0, 0.05) is 6.07 Å². The molecule has 0 spiro atoms. The second-order valence-corrected chi connectivity index (χ2v) is 4.76. The summed E-state index contributed by atoms with van der Waals surface area (Å²) >= 11 is 0. The van der Waals surface area contributed by atoms with Crippen LogP contribution in [0.4, 0.5) is 0 Å². The minimum absolute atomic E-state index is 0.0976. The summed E-state index contributed by atoms with van der Waals surface area (Å²) in [6, 6.07) is 1.42. The number of carboxylic acids is 1. The fraction of sp³-hybridized carbons (Fsp3) is 0.583. The molecule has 0 radical (unpaired) electrons. The van der Waals surface area contributed by atoms with Crippen molar-refractivity contribution in [2.24, 2.45) is 5.92 Å². The zero-order chi connectivity index (χ0) is 13.2. The van der Waals surface area contributed by atoms with Crippen molar-refractivity contribution < 1.29 is 19.2 Å². The van der Waals surface area contributed by atoms with E-state index in [1.54, 1.807) is 0 Å². The van der Waals surface area contributed by atoms with Crippen molar-refractivity contribution in [3.05, 3.63) is 18.0 Å². The van der Waals surface area contributed by atoms with Crippen LogP contribution in [0, 0.1) is 5.92 Å². The highest BCUT2D eigenvalue weighted by Crippen LogP contribution is 2.34. The van der Waals surface area contributed by atoms with Crippen molar-refractivity contribution in [3.8, 4) is 0 Å². The van der Waals surface area contributed by atoms with E-state index in [2.05, 4.69) is 15.0 Å². The van der Waals surface area contributed by atoms with Gasteiger partial charge in [0.1, 0.15) is 11.8 Å². The summed E-state index contributed by atoms with van der Waals surface area (Å²) in [6.07, 6.45) is 4.33. The Bertz CT molecular complexity index is 443. The van der Waals surface area contributed by atoms with Gasteiger partial charge in [-0.25, -0.2) is 4.79 Å². The molecule has 1 aromatic rings. The fourth-order valence-corrected chi connectivity index (χ4v) is 2.50. The lowest BCUT2D eigenvalue weighted by Gasteiger charge is -2.39. The number of carbonyl (C=O) groups is 2. The molecule has 2 atom stereocenters. The number of carboxylic acid groups (broad SMARTS) is 1. The Labute approximate surface area is 104 Å². The summed E-state index contributed by atoms with van der Waals surface area (Å²) in [6.45, 7) is 1.86. The first-order valence-corrected chi connectivity index (χ1v) is 6.02. The largest absolute Gasteiger partial charge is 0.479 e. The number of rotatable bonds is 3. The summed E-state index contributed by atoms with van der Waals surface area (Å²) < 4.78 is 4.59. The van der Waals surface area contributed by atoms with Gasteiger partial charge in [0.2, 0.25) is 0 Å². The number of hydrogen-bond acceptors (Lipinski definition) is 4. The Morgan fingerprint density at radius 2 is 2.33 bits per heavy atom. The predicted octanol–water partition coefficient (Wildman–Crippen LogP) is 1.44. The molecule has 0 saturated heterocycles. The van der Waals surface area contributed by atoms with Gasteiger partial charge in [0.15, 0.2) is 5.69 Å². The van der Waals surface area contributed by atoms with E-state index in [0.717, 1.165) is 19.3 Å². The quantitative estimate of drug-likeness (QED) is 0.849. The summed E-state index contributed by atoms with van der Waals surface area (Å²) in [4.78, 5) is 23.5. The lowest BCUT2D eigenvalue weighted by atomic mass is 9.73. The maximum absolute atomic E-state index is 11.9. The zero-order valence-corrected chi connectivity index (χ0v) is 10.2. The van der Waals surface area contributed by atoms with E-state index in [9.17, 15) is 14.7 Å². The van der Waals surface area contributed by atoms with Crippen molar-refractivity contribution >= 4 is 11.9 Å². The second-order valence-electron chi connectivity index (χ2n) is 4.76. The summed E-state index contributed by atoms with van der Waals surface area (Å²) in [7, 11) is 0. The van der Waals surface area contributed by atoms with Gasteiger partial charge < -0.3 is 14.9 Å². The highest BCUT2D eigenvalue weighted by molar-refractivity contribution is 5.96. The van der Waals surface area contributed by atoms with Gasteiger partial charge >= 0.3 is 5.97 Å². The zero-order valence-electron chi connectivity index (χ0n) is 10.2. The smallest absolute Gasteiger partial charge is 0.329 e. The van der Waals surface area contributed by atoms with Gasteiger partial charge in [-0.15, -0.1) is 0 Å². The molecule has 0 bridgehead atoms. The van der Waals surface area contributed by atoms with Gasteiger partial charge in [0.05, 0.1) is 0 Å². The number of hydrogen-bond donors (Lipinski definition) is 2. The molecule has 1 aliphatic carbocycles. The number of aliphatic carboxylic acids is 1. The molecular weight excluding hydrogens is 236 g/mol. The second kappa shape index (κ2) is 4.80. The van der Waals surface area contributed by atoms with Crippen molar-refractivity contribution in [3.63, 3.8) is 0 Å². The van der Waals surface area contributed by atoms with Gasteiger partial charge in [-0.1, -0.05) is 24.9 Å². The molecule has 1 aliphatic rings. The molecule has 6 heteroatoms. The van der Waals surface area contributed by atoms with Crippen molar-refractivity contribution in [2.45, 2.75) is 38.1 Å². The highest BCUT2D eigenvalue weighted by Gasteiger charge is 2.46. The van der Waals surface area contributed by atoms with E-state index in [1.807, 2.05) is 6.92 Å². The van der Waals surface area contributed by atoms with Gasteiger partial charge in [-0.3, -0.25) is 4.79 Å². The van der Waals surface area contributed by atoms with E-state index >= 15 is 0 Å². The van der Waals surface area contributed by atoms with E-state index in [1.165, 1.54) is 12.3 Å². The molecule has 1 heterocycles. The SMILES string of the molecule is CC1CCCCC1(NC(=O)c1ccon1)C(=O)O. The number of nitrogens with zero attached hydrogens (tertiary/aromatic N) is 1. The summed E-state index contributed by atoms with van der Waals surface area (Å²) in [5, 5.41) is 15.6. The molecule has 18 heavy (non-hydrogen) atoms. The Hall–Kier alpha value is -1.85. The van der Waals surface area contributed by atoms with E-state index < -0.39 is 17.4 Å². The number of amides is 1. The Morgan fingerprint density at radius 3 is 2.89 bits per heavy atom. The summed E-state index contributed by atoms with van der Waals surface area (Å²) in [5.41, 5.74) is -1.08. The van der Waals surface area contributed by atoms with E-state index in [-0.39, 0.29) is 11.6 Å². The average molecular weight is 252 g/mol. The molecule has 2 rings (SSSR count). The molecule has 1 fully saturated rings. The van der Waals surface area contributed by atoms with Crippen LogP contribution >= 0.6 is 0 Å². The molecule has 0 aliphatic heterocycles. The van der Waals surface area contributed by atoms with Gasteiger partial charge in [-0.05, 0) is 18.8 Å². The fourth-order valence-electron chi connectivity index (χ4n) is 2.50. The molecule has 1 aromatic heterocycles. The maximum atomic E-state index is 11.9. The van der Waals surface area contributed by atoms with Crippen LogP contribution in [0.3, 0.4) is 0 Å². The first-order valence-electron chi connectivity index (χ1n) is 6.02. The Morgan fingerprint density at radius 1 is 1.56 bits per heavy atom. The normalized spacial score (nSPS) is 27.7. The minimum Gasteiger partial charge on any atom is -0.479 e. The summed E-state index contributed by atoms with van der Waals surface area (Å²) in [5.74, 6) is -1.58. The lowest BCUT2D eigenvalue weighted by molar-refractivity contribution is -0.148. The molecular formula is C12H16N2O4. The van der Waals surface area contributed by atoms with Gasteiger partial charge in [0.25, 0.3) is 5.91 Å². The van der Waals surface area contributed by atoms with Crippen LogP contribution in [0.2, 0.25) is 0 Å². The van der Waals surface area contributed by atoms with Crippen LogP contribution in [-0.2, 0) is 4.79 Å². The number of nitrogens with one attached hydrogen (secondary N) is 1. The minimum atomic E-state index is -1.19. The molecule has 1 saturated carbocycles. The van der Waals surface area contributed by atoms with Crippen LogP contribution in [0.1, 0.15) is 43.1 Å². The molecule has 0 aromatic carbocycles. The molecule has 6 nitrogen and oxygen atoms in total. The monoisotopic (exact) mass is 252 g/mol. The van der Waals surface area contributed by atoms with Gasteiger partial charge in [-0.2, -0.15) is 0 Å². The lowest BCUT2D eigenvalue weighted by Crippen LogP contribution is -2.60. The van der Waals surface area contributed by atoms with Crippen LogP contribution in [0.5, 0.6) is 0 Å². The maximum Gasteiger partial charge on any atom is 0.329 e. The number of aromatic nitrogens is 1. The van der Waals surface area contributed by atoms with Crippen LogP contribution in [-0.4, -0.2) is 27.7 Å². The van der Waals surface area contributed by atoms with Crippen LogP contribution in [0.25, 0.3) is 0 Å². The van der Waals surface area contributed by atoms with Crippen LogP contribution in [0.15, 0.2) is 16.9 Å². The third kappa shape index (κ3) is 2.10.